The predicted octanol–water partition coefficient (Wildman–Crippen LogP) is 0.614. The Morgan fingerprint density at radius 2 is 2.20 bits per heavy atom. The third kappa shape index (κ3) is 1.96. The summed E-state index contributed by atoms with van der Waals surface area (Å²) in [6.45, 7) is 6.66. The maximum absolute atomic E-state index is 8.47. The molecule has 1 saturated carbocycles. The molecule has 2 N–H and O–H groups in total. The van der Waals surface area contributed by atoms with Crippen molar-refractivity contribution in [1.29, 1.82) is 0 Å². The summed E-state index contributed by atoms with van der Waals surface area (Å²) in [5.41, 5.74) is 0.572. The minimum absolute atomic E-state index is 0.257. The van der Waals surface area contributed by atoms with E-state index in [1.54, 1.807) is 0 Å². The Morgan fingerprint density at radius 3 is 2.60 bits per heavy atom. The molecule has 0 amide bonds. The van der Waals surface area contributed by atoms with E-state index in [0.717, 1.165) is 19.0 Å². The number of aliphatic hydroxyl groups is 1. The van der Waals surface area contributed by atoms with Crippen LogP contribution in [0.15, 0.2) is 0 Å². The summed E-state index contributed by atoms with van der Waals surface area (Å²) in [6, 6.07) is 0. The van der Waals surface area contributed by atoms with E-state index >= 15 is 0 Å². The summed E-state index contributed by atoms with van der Waals surface area (Å²) in [5, 5.41) is 11.7. The van der Waals surface area contributed by atoms with Crippen molar-refractivity contribution in [2.24, 2.45) is 11.3 Å². The van der Waals surface area contributed by atoms with Crippen molar-refractivity contribution in [2.45, 2.75) is 20.3 Å². The average Bonchev–Trinajstić information content (AvgIpc) is 2.41. The summed E-state index contributed by atoms with van der Waals surface area (Å²) < 4.78 is 0. The van der Waals surface area contributed by atoms with Crippen molar-refractivity contribution in [2.75, 3.05) is 19.7 Å². The van der Waals surface area contributed by atoms with Gasteiger partial charge >= 0.3 is 0 Å². The van der Waals surface area contributed by atoms with Gasteiger partial charge in [0.2, 0.25) is 0 Å². The lowest BCUT2D eigenvalue weighted by Crippen LogP contribution is -2.21. The smallest absolute Gasteiger partial charge is 0.0555 e. The highest BCUT2D eigenvalue weighted by Gasteiger charge is 2.44. The summed E-state index contributed by atoms with van der Waals surface area (Å²) >= 11 is 0. The second-order valence-electron chi connectivity index (χ2n) is 3.82. The van der Waals surface area contributed by atoms with E-state index in [9.17, 15) is 0 Å². The molecule has 0 bridgehead atoms. The zero-order valence-electron chi connectivity index (χ0n) is 6.85. The molecule has 0 aromatic rings. The quantitative estimate of drug-likeness (QED) is 0.565. The van der Waals surface area contributed by atoms with Gasteiger partial charge in [-0.1, -0.05) is 13.8 Å². The SMILES string of the molecule is CC1(C)CC1CNCCO. The van der Waals surface area contributed by atoms with Crippen LogP contribution in [0.5, 0.6) is 0 Å². The second kappa shape index (κ2) is 2.89. The zero-order valence-corrected chi connectivity index (χ0v) is 6.85. The van der Waals surface area contributed by atoms with Crippen LogP contribution in [-0.2, 0) is 0 Å². The van der Waals surface area contributed by atoms with Crippen molar-refractivity contribution in [3.05, 3.63) is 0 Å². The van der Waals surface area contributed by atoms with Crippen LogP contribution in [0.2, 0.25) is 0 Å². The van der Waals surface area contributed by atoms with E-state index in [1.807, 2.05) is 0 Å². The first-order valence-corrected chi connectivity index (χ1v) is 3.98. The molecule has 60 valence electrons. The molecule has 0 aromatic heterocycles. The number of aliphatic hydroxyl groups excluding tert-OH is 1. The molecular weight excluding hydrogens is 126 g/mol. The van der Waals surface area contributed by atoms with Crippen molar-refractivity contribution < 1.29 is 5.11 Å². The third-order valence-corrected chi connectivity index (χ3v) is 2.40. The molecule has 0 spiro atoms. The van der Waals surface area contributed by atoms with E-state index in [0.29, 0.717) is 5.41 Å². The zero-order chi connectivity index (χ0) is 7.61. The van der Waals surface area contributed by atoms with Crippen LogP contribution >= 0.6 is 0 Å². The Morgan fingerprint density at radius 1 is 1.60 bits per heavy atom. The van der Waals surface area contributed by atoms with Gasteiger partial charge in [0.15, 0.2) is 0 Å². The molecule has 1 rings (SSSR count). The predicted molar refractivity (Wildman–Crippen MR) is 41.8 cm³/mol. The summed E-state index contributed by atoms with van der Waals surface area (Å²) in [6.07, 6.45) is 1.34. The Bertz CT molecular complexity index is 112. The van der Waals surface area contributed by atoms with Crippen LogP contribution in [0, 0.1) is 11.3 Å². The van der Waals surface area contributed by atoms with Crippen LogP contribution in [-0.4, -0.2) is 24.8 Å². The molecule has 2 heteroatoms. The number of rotatable bonds is 4. The van der Waals surface area contributed by atoms with Crippen molar-refractivity contribution in [3.8, 4) is 0 Å². The van der Waals surface area contributed by atoms with Crippen molar-refractivity contribution in [3.63, 3.8) is 0 Å². The molecule has 1 atom stereocenters. The van der Waals surface area contributed by atoms with Crippen LogP contribution in [0.1, 0.15) is 20.3 Å². The fraction of sp³-hybridized carbons (Fsp3) is 1.00. The molecule has 0 aromatic carbocycles. The van der Waals surface area contributed by atoms with E-state index in [2.05, 4.69) is 19.2 Å². The average molecular weight is 143 g/mol. The van der Waals surface area contributed by atoms with Gasteiger partial charge in [-0.05, 0) is 24.3 Å². The van der Waals surface area contributed by atoms with Gasteiger partial charge in [-0.3, -0.25) is 0 Å². The third-order valence-electron chi connectivity index (χ3n) is 2.40. The van der Waals surface area contributed by atoms with Gasteiger partial charge in [0.25, 0.3) is 0 Å². The first-order chi connectivity index (χ1) is 4.67. The maximum atomic E-state index is 8.47. The summed E-state index contributed by atoms with van der Waals surface area (Å²) in [7, 11) is 0. The van der Waals surface area contributed by atoms with E-state index < -0.39 is 0 Å². The lowest BCUT2D eigenvalue weighted by atomic mass is 10.1. The number of hydrogen-bond acceptors (Lipinski definition) is 2. The monoisotopic (exact) mass is 143 g/mol. The summed E-state index contributed by atoms with van der Waals surface area (Å²) in [4.78, 5) is 0. The van der Waals surface area contributed by atoms with Crippen molar-refractivity contribution in [1.82, 2.24) is 5.32 Å². The first kappa shape index (κ1) is 8.02. The lowest BCUT2D eigenvalue weighted by molar-refractivity contribution is 0.290. The van der Waals surface area contributed by atoms with E-state index in [1.165, 1.54) is 6.42 Å². The molecule has 0 heterocycles. The molecule has 0 aliphatic heterocycles. The van der Waals surface area contributed by atoms with Crippen molar-refractivity contribution >= 4 is 0 Å². The molecule has 1 aliphatic carbocycles. The minimum Gasteiger partial charge on any atom is -0.395 e. The second-order valence-corrected chi connectivity index (χ2v) is 3.82. The fourth-order valence-electron chi connectivity index (χ4n) is 1.28. The highest BCUT2D eigenvalue weighted by molar-refractivity contribution is 4.95. The first-order valence-electron chi connectivity index (χ1n) is 3.98. The molecule has 1 unspecified atom stereocenters. The maximum Gasteiger partial charge on any atom is 0.0555 e. The van der Waals surface area contributed by atoms with Crippen LogP contribution in [0.25, 0.3) is 0 Å². The van der Waals surface area contributed by atoms with Gasteiger partial charge in [-0.2, -0.15) is 0 Å². The lowest BCUT2D eigenvalue weighted by Gasteiger charge is -2.03. The minimum atomic E-state index is 0.257. The highest BCUT2D eigenvalue weighted by atomic mass is 16.3. The highest BCUT2D eigenvalue weighted by Crippen LogP contribution is 2.50. The van der Waals surface area contributed by atoms with Gasteiger partial charge in [0, 0.05) is 6.54 Å². The molecule has 10 heavy (non-hydrogen) atoms. The Hall–Kier alpha value is -0.0800. The largest absolute Gasteiger partial charge is 0.395 e. The number of nitrogens with one attached hydrogen (secondary N) is 1. The molecule has 1 aliphatic rings. The molecule has 0 saturated heterocycles. The molecule has 0 radical (unpaired) electrons. The fourth-order valence-corrected chi connectivity index (χ4v) is 1.28. The summed E-state index contributed by atoms with van der Waals surface area (Å²) in [5.74, 6) is 0.846. The van der Waals surface area contributed by atoms with Crippen LogP contribution < -0.4 is 5.32 Å². The Kier molecular flexibility index (Phi) is 2.32. The van der Waals surface area contributed by atoms with Crippen LogP contribution in [0.3, 0.4) is 0 Å². The number of hydrogen-bond donors (Lipinski definition) is 2. The van der Waals surface area contributed by atoms with E-state index in [-0.39, 0.29) is 6.61 Å². The topological polar surface area (TPSA) is 32.3 Å². The normalized spacial score (nSPS) is 28.5. The van der Waals surface area contributed by atoms with Gasteiger partial charge < -0.3 is 10.4 Å². The van der Waals surface area contributed by atoms with Gasteiger partial charge in [-0.15, -0.1) is 0 Å². The van der Waals surface area contributed by atoms with E-state index in [4.69, 9.17) is 5.11 Å². The van der Waals surface area contributed by atoms with Crippen LogP contribution in [0.4, 0.5) is 0 Å². The molecule has 2 nitrogen and oxygen atoms in total. The van der Waals surface area contributed by atoms with Gasteiger partial charge in [0.05, 0.1) is 6.61 Å². The molecular formula is C8H17NO. The van der Waals surface area contributed by atoms with Gasteiger partial charge in [0.1, 0.15) is 0 Å². The standard InChI is InChI=1S/C8H17NO/c1-8(2)5-7(8)6-9-3-4-10/h7,9-10H,3-6H2,1-2H3. The Balaban J connectivity index is 1.97. The molecule has 1 fully saturated rings. The van der Waals surface area contributed by atoms with Gasteiger partial charge in [-0.25, -0.2) is 0 Å². The Labute approximate surface area is 62.6 Å².